The summed E-state index contributed by atoms with van der Waals surface area (Å²) in [5, 5.41) is 3.43. The van der Waals surface area contributed by atoms with Gasteiger partial charge >= 0.3 is 0 Å². The summed E-state index contributed by atoms with van der Waals surface area (Å²) in [6, 6.07) is 11.9. The summed E-state index contributed by atoms with van der Waals surface area (Å²) in [5.74, 6) is 3.91. The van der Waals surface area contributed by atoms with Crippen molar-refractivity contribution in [3.8, 4) is 23.0 Å². The van der Waals surface area contributed by atoms with Crippen LogP contribution in [0.25, 0.3) is 0 Å². The maximum absolute atomic E-state index is 5.50. The lowest BCUT2D eigenvalue weighted by atomic mass is 10.1. The number of aryl methyl sites for hydroxylation is 1. The Kier molecular flexibility index (Phi) is 9.12. The van der Waals surface area contributed by atoms with E-state index in [2.05, 4.69) is 21.3 Å². The largest absolute Gasteiger partial charge is 0.497 e. The molecule has 7 heteroatoms. The smallest absolute Gasteiger partial charge is 0.193 e. The SMILES string of the molecule is CN=C(NCCCc1ccc(OC)c(OC)c1)N(C)Cc1ccc(OC)cc1OC. The van der Waals surface area contributed by atoms with Crippen molar-refractivity contribution in [3.63, 3.8) is 0 Å². The molecule has 1 N–H and O–H groups in total. The number of aliphatic imine (C=N–C) groups is 1. The van der Waals surface area contributed by atoms with Crippen molar-refractivity contribution in [2.45, 2.75) is 19.4 Å². The van der Waals surface area contributed by atoms with Gasteiger partial charge in [0.1, 0.15) is 11.5 Å². The number of hydrogen-bond acceptors (Lipinski definition) is 5. The van der Waals surface area contributed by atoms with Crippen molar-refractivity contribution in [2.75, 3.05) is 49.1 Å². The monoisotopic (exact) mass is 415 g/mol. The Labute approximate surface area is 179 Å². The van der Waals surface area contributed by atoms with Gasteiger partial charge in [-0.15, -0.1) is 0 Å². The van der Waals surface area contributed by atoms with E-state index >= 15 is 0 Å². The molecule has 0 saturated carbocycles. The minimum Gasteiger partial charge on any atom is -0.497 e. The third kappa shape index (κ3) is 6.20. The molecule has 0 aliphatic rings. The van der Waals surface area contributed by atoms with Gasteiger partial charge in [-0.25, -0.2) is 0 Å². The Morgan fingerprint density at radius 1 is 0.900 bits per heavy atom. The molecule has 164 valence electrons. The highest BCUT2D eigenvalue weighted by Crippen LogP contribution is 2.28. The van der Waals surface area contributed by atoms with E-state index in [4.69, 9.17) is 18.9 Å². The van der Waals surface area contributed by atoms with E-state index in [1.54, 1.807) is 35.5 Å². The van der Waals surface area contributed by atoms with E-state index in [1.807, 2.05) is 37.4 Å². The van der Waals surface area contributed by atoms with Crippen LogP contribution >= 0.6 is 0 Å². The predicted octanol–water partition coefficient (Wildman–Crippen LogP) is 3.36. The first-order chi connectivity index (χ1) is 14.6. The predicted molar refractivity (Wildman–Crippen MR) is 120 cm³/mol. The first-order valence-corrected chi connectivity index (χ1v) is 9.89. The number of nitrogens with one attached hydrogen (secondary N) is 1. The minimum atomic E-state index is 0.669. The molecule has 0 fully saturated rings. The van der Waals surface area contributed by atoms with Crippen LogP contribution in [0, 0.1) is 0 Å². The standard InChI is InChI=1S/C23H33N3O4/c1-24-23(26(2)16-18-10-11-19(27-3)15-21(18)29-5)25-13-7-8-17-9-12-20(28-4)22(14-17)30-6/h9-12,14-15H,7-8,13,16H2,1-6H3,(H,24,25). The lowest BCUT2D eigenvalue weighted by molar-refractivity contribution is 0.354. The van der Waals surface area contributed by atoms with Crippen LogP contribution in [0.3, 0.4) is 0 Å². The van der Waals surface area contributed by atoms with Gasteiger partial charge in [-0.2, -0.15) is 0 Å². The molecule has 30 heavy (non-hydrogen) atoms. The second kappa shape index (κ2) is 11.8. The van der Waals surface area contributed by atoms with Crippen molar-refractivity contribution in [3.05, 3.63) is 47.5 Å². The fourth-order valence-electron chi connectivity index (χ4n) is 3.23. The fourth-order valence-corrected chi connectivity index (χ4v) is 3.23. The third-order valence-electron chi connectivity index (χ3n) is 4.85. The van der Waals surface area contributed by atoms with Gasteiger partial charge in [0.05, 0.1) is 28.4 Å². The lowest BCUT2D eigenvalue weighted by Gasteiger charge is -2.23. The maximum Gasteiger partial charge on any atom is 0.193 e. The van der Waals surface area contributed by atoms with Crippen molar-refractivity contribution in [2.24, 2.45) is 4.99 Å². The third-order valence-corrected chi connectivity index (χ3v) is 4.85. The molecule has 0 saturated heterocycles. The zero-order chi connectivity index (χ0) is 21.9. The van der Waals surface area contributed by atoms with Crippen LogP contribution in [-0.4, -0.2) is 59.9 Å². The summed E-state index contributed by atoms with van der Waals surface area (Å²) in [7, 11) is 10.4. The number of ether oxygens (including phenoxy) is 4. The molecule has 0 amide bonds. The van der Waals surface area contributed by atoms with Crippen LogP contribution in [0.15, 0.2) is 41.4 Å². The molecule has 0 bridgehead atoms. The molecule has 0 radical (unpaired) electrons. The fraction of sp³-hybridized carbons (Fsp3) is 0.435. The van der Waals surface area contributed by atoms with Crippen LogP contribution in [0.5, 0.6) is 23.0 Å². The summed E-state index contributed by atoms with van der Waals surface area (Å²) in [6.45, 7) is 1.48. The van der Waals surface area contributed by atoms with Crippen LogP contribution < -0.4 is 24.3 Å². The molecule has 0 aromatic heterocycles. The second-order valence-corrected chi connectivity index (χ2v) is 6.80. The molecule has 0 heterocycles. The minimum absolute atomic E-state index is 0.669. The number of nitrogens with zero attached hydrogens (tertiary/aromatic N) is 2. The second-order valence-electron chi connectivity index (χ2n) is 6.80. The number of guanidine groups is 1. The van der Waals surface area contributed by atoms with Gasteiger partial charge in [-0.05, 0) is 42.7 Å². The Bertz CT molecular complexity index is 839. The van der Waals surface area contributed by atoms with E-state index in [-0.39, 0.29) is 0 Å². The summed E-state index contributed by atoms with van der Waals surface area (Å²) in [5.41, 5.74) is 2.27. The van der Waals surface area contributed by atoms with Gasteiger partial charge in [0.25, 0.3) is 0 Å². The van der Waals surface area contributed by atoms with Gasteiger partial charge in [0.15, 0.2) is 17.5 Å². The molecule has 2 aromatic rings. The van der Waals surface area contributed by atoms with Crippen LogP contribution in [0.2, 0.25) is 0 Å². The van der Waals surface area contributed by atoms with E-state index in [0.29, 0.717) is 6.54 Å². The average molecular weight is 416 g/mol. The zero-order valence-electron chi connectivity index (χ0n) is 18.8. The highest BCUT2D eigenvalue weighted by atomic mass is 16.5. The van der Waals surface area contributed by atoms with Crippen molar-refractivity contribution in [1.29, 1.82) is 0 Å². The molecular formula is C23H33N3O4. The molecule has 2 rings (SSSR count). The molecule has 0 atom stereocenters. The number of hydrogen-bond donors (Lipinski definition) is 1. The molecule has 0 spiro atoms. The van der Waals surface area contributed by atoms with Crippen LogP contribution in [0.1, 0.15) is 17.5 Å². The average Bonchev–Trinajstić information content (AvgIpc) is 2.78. The van der Waals surface area contributed by atoms with Crippen LogP contribution in [-0.2, 0) is 13.0 Å². The lowest BCUT2D eigenvalue weighted by Crippen LogP contribution is -2.39. The Balaban J connectivity index is 1.88. The molecule has 0 aliphatic carbocycles. The molecule has 7 nitrogen and oxygen atoms in total. The molecule has 2 aromatic carbocycles. The summed E-state index contributed by atoms with van der Waals surface area (Å²) >= 11 is 0. The first-order valence-electron chi connectivity index (χ1n) is 9.89. The normalized spacial score (nSPS) is 11.1. The van der Waals surface area contributed by atoms with E-state index in [0.717, 1.165) is 53.9 Å². The van der Waals surface area contributed by atoms with Crippen LogP contribution in [0.4, 0.5) is 0 Å². The quantitative estimate of drug-likeness (QED) is 0.365. The number of benzene rings is 2. The molecular weight excluding hydrogens is 382 g/mol. The summed E-state index contributed by atoms with van der Waals surface area (Å²) in [6.07, 6.45) is 1.90. The van der Waals surface area contributed by atoms with Gasteiger partial charge in [-0.3, -0.25) is 4.99 Å². The zero-order valence-corrected chi connectivity index (χ0v) is 18.8. The first kappa shape index (κ1) is 23.2. The van der Waals surface area contributed by atoms with Gasteiger partial charge in [0, 0.05) is 38.8 Å². The van der Waals surface area contributed by atoms with E-state index in [1.165, 1.54) is 5.56 Å². The Morgan fingerprint density at radius 2 is 1.63 bits per heavy atom. The Hall–Kier alpha value is -3.09. The topological polar surface area (TPSA) is 64.6 Å². The summed E-state index contributed by atoms with van der Waals surface area (Å²) in [4.78, 5) is 6.47. The van der Waals surface area contributed by atoms with Gasteiger partial charge < -0.3 is 29.2 Å². The molecule has 0 unspecified atom stereocenters. The van der Waals surface area contributed by atoms with Crippen molar-refractivity contribution >= 4 is 5.96 Å². The summed E-state index contributed by atoms with van der Waals surface area (Å²) < 4.78 is 21.4. The van der Waals surface area contributed by atoms with E-state index in [9.17, 15) is 0 Å². The molecule has 0 aliphatic heterocycles. The van der Waals surface area contributed by atoms with Gasteiger partial charge in [0.2, 0.25) is 0 Å². The van der Waals surface area contributed by atoms with E-state index < -0.39 is 0 Å². The van der Waals surface area contributed by atoms with Crippen molar-refractivity contribution < 1.29 is 18.9 Å². The Morgan fingerprint density at radius 3 is 2.27 bits per heavy atom. The number of rotatable bonds is 10. The van der Waals surface area contributed by atoms with Crippen molar-refractivity contribution in [1.82, 2.24) is 10.2 Å². The maximum atomic E-state index is 5.50. The number of methoxy groups -OCH3 is 4. The van der Waals surface area contributed by atoms with Gasteiger partial charge in [-0.1, -0.05) is 6.07 Å². The highest BCUT2D eigenvalue weighted by Gasteiger charge is 2.11. The highest BCUT2D eigenvalue weighted by molar-refractivity contribution is 5.79.